The molecule has 6 nitrogen and oxygen atoms in total. The average molecular weight is 280 g/mol. The molecule has 2 rings (SSSR count). The molecule has 0 aliphatic carbocycles. The maximum absolute atomic E-state index is 12.0. The molecule has 0 aliphatic heterocycles. The summed E-state index contributed by atoms with van der Waals surface area (Å²) in [4.78, 5) is 4.16. The second kappa shape index (κ2) is 4.64. The zero-order valence-electron chi connectivity index (χ0n) is 8.99. The molecular weight excluding hydrogens is 272 g/mol. The minimum absolute atomic E-state index is 0.0455. The molecule has 0 unspecified atom stereocenters. The van der Waals surface area contributed by atoms with Crippen LogP contribution in [0.2, 0.25) is 0 Å². The van der Waals surface area contributed by atoms with Gasteiger partial charge in [-0.05, 0) is 24.3 Å². The monoisotopic (exact) mass is 280 g/mol. The van der Waals surface area contributed by atoms with Gasteiger partial charge in [-0.25, -0.2) is 13.4 Å². The van der Waals surface area contributed by atoms with E-state index in [-0.39, 0.29) is 15.7 Å². The fourth-order valence-corrected chi connectivity index (χ4v) is 3.35. The Hall–Kier alpha value is -2.11. The van der Waals surface area contributed by atoms with Gasteiger partial charge in [0, 0.05) is 6.20 Å². The molecule has 0 radical (unpaired) electrons. The molecule has 92 valence electrons. The summed E-state index contributed by atoms with van der Waals surface area (Å²) in [5.74, 6) is 0.0735. The van der Waals surface area contributed by atoms with E-state index in [1.807, 2.05) is 6.07 Å². The van der Waals surface area contributed by atoms with Crippen molar-refractivity contribution in [3.8, 4) is 6.07 Å². The van der Waals surface area contributed by atoms with Crippen LogP contribution in [-0.4, -0.2) is 13.4 Å². The number of rotatable bonds is 3. The first-order valence-electron chi connectivity index (χ1n) is 4.76. The molecule has 0 atom stereocenters. The highest BCUT2D eigenvalue weighted by Crippen LogP contribution is 2.24. The molecule has 0 amide bonds. The van der Waals surface area contributed by atoms with E-state index in [4.69, 9.17) is 11.0 Å². The lowest BCUT2D eigenvalue weighted by molar-refractivity contribution is 0.603. The van der Waals surface area contributed by atoms with Gasteiger partial charge in [0.2, 0.25) is 0 Å². The van der Waals surface area contributed by atoms with E-state index in [1.54, 1.807) is 12.1 Å². The summed E-state index contributed by atoms with van der Waals surface area (Å²) in [6.07, 6.45) is 1.43. The number of hydrogen-bond donors (Lipinski definition) is 2. The second-order valence-corrected chi connectivity index (χ2v) is 6.27. The van der Waals surface area contributed by atoms with E-state index in [2.05, 4.69) is 9.71 Å². The largest absolute Gasteiger partial charge is 0.396 e. The molecule has 3 N–H and O–H groups in total. The fraction of sp³-hybridized carbons (Fsp3) is 0. The average Bonchev–Trinajstić information content (AvgIpc) is 2.81. The van der Waals surface area contributed by atoms with Gasteiger partial charge < -0.3 is 5.73 Å². The summed E-state index contributed by atoms with van der Waals surface area (Å²) in [6, 6.07) is 7.84. The number of sulfonamides is 1. The molecule has 0 bridgehead atoms. The lowest BCUT2D eigenvalue weighted by atomic mass is 10.4. The maximum atomic E-state index is 12.0. The smallest absolute Gasteiger partial charge is 0.272 e. The highest BCUT2D eigenvalue weighted by Gasteiger charge is 2.18. The minimum Gasteiger partial charge on any atom is -0.396 e. The Morgan fingerprint density at radius 1 is 1.39 bits per heavy atom. The first-order valence-corrected chi connectivity index (χ1v) is 7.06. The highest BCUT2D eigenvalue weighted by molar-refractivity contribution is 7.94. The Morgan fingerprint density at radius 2 is 2.17 bits per heavy atom. The summed E-state index contributed by atoms with van der Waals surface area (Å²) in [7, 11) is -3.75. The van der Waals surface area contributed by atoms with Gasteiger partial charge in [0.1, 0.15) is 15.2 Å². The van der Waals surface area contributed by atoms with E-state index in [0.717, 1.165) is 11.3 Å². The molecule has 0 fully saturated rings. The number of anilines is 2. The Bertz CT molecular complexity index is 715. The van der Waals surface area contributed by atoms with Gasteiger partial charge in [-0.15, -0.1) is 11.3 Å². The first kappa shape index (κ1) is 12.3. The third kappa shape index (κ3) is 2.42. The molecule has 2 aromatic heterocycles. The number of aromatic nitrogens is 1. The Morgan fingerprint density at radius 3 is 2.78 bits per heavy atom. The molecule has 2 heterocycles. The number of hydrogen-bond acceptors (Lipinski definition) is 6. The number of nitrogens with two attached hydrogens (primary N) is 1. The number of nitriles is 1. The quantitative estimate of drug-likeness (QED) is 0.883. The van der Waals surface area contributed by atoms with Crippen LogP contribution in [0.4, 0.5) is 11.5 Å². The van der Waals surface area contributed by atoms with E-state index in [0.29, 0.717) is 4.88 Å². The molecule has 8 heteroatoms. The van der Waals surface area contributed by atoms with Crippen LogP contribution in [0, 0.1) is 11.3 Å². The van der Waals surface area contributed by atoms with Crippen LogP contribution in [-0.2, 0) is 10.0 Å². The van der Waals surface area contributed by atoms with Crippen molar-refractivity contribution in [3.05, 3.63) is 35.3 Å². The van der Waals surface area contributed by atoms with Crippen LogP contribution in [0.3, 0.4) is 0 Å². The van der Waals surface area contributed by atoms with Crippen molar-refractivity contribution >= 4 is 32.9 Å². The van der Waals surface area contributed by atoms with Gasteiger partial charge in [0.15, 0.2) is 5.82 Å². The Kier molecular flexibility index (Phi) is 3.18. The van der Waals surface area contributed by atoms with Gasteiger partial charge in [-0.1, -0.05) is 0 Å². The molecule has 0 saturated carbocycles. The molecule has 0 aromatic carbocycles. The SMILES string of the molecule is N#Cc1ccc(S(=O)(=O)Nc2ncccc2N)s1. The van der Waals surface area contributed by atoms with Crippen LogP contribution < -0.4 is 10.5 Å². The first-order chi connectivity index (χ1) is 8.53. The zero-order chi connectivity index (χ0) is 13.2. The topological polar surface area (TPSA) is 109 Å². The second-order valence-electron chi connectivity index (χ2n) is 3.28. The number of thiophene rings is 1. The standard InChI is InChI=1S/C10H8N4O2S2/c11-6-7-3-4-9(17-7)18(15,16)14-10-8(12)2-1-5-13-10/h1-5H,12H2,(H,13,14). The highest BCUT2D eigenvalue weighted by atomic mass is 32.2. The fourth-order valence-electron chi connectivity index (χ4n) is 1.21. The molecule has 0 aliphatic rings. The van der Waals surface area contributed by atoms with Crippen molar-refractivity contribution in [2.75, 3.05) is 10.5 Å². The molecule has 0 spiro atoms. The zero-order valence-corrected chi connectivity index (χ0v) is 10.6. The minimum atomic E-state index is -3.75. The van der Waals surface area contributed by atoms with Crippen molar-refractivity contribution in [3.63, 3.8) is 0 Å². The number of nitrogens with zero attached hydrogens (tertiary/aromatic N) is 2. The normalized spacial score (nSPS) is 10.8. The van der Waals surface area contributed by atoms with Crippen LogP contribution in [0.5, 0.6) is 0 Å². The van der Waals surface area contributed by atoms with Gasteiger partial charge in [0.25, 0.3) is 10.0 Å². The predicted molar refractivity (Wildman–Crippen MR) is 68.5 cm³/mol. The van der Waals surface area contributed by atoms with Crippen molar-refractivity contribution < 1.29 is 8.42 Å². The lowest BCUT2D eigenvalue weighted by Gasteiger charge is -2.06. The van der Waals surface area contributed by atoms with Crippen molar-refractivity contribution in [2.45, 2.75) is 4.21 Å². The maximum Gasteiger partial charge on any atom is 0.272 e. The molecule has 18 heavy (non-hydrogen) atoms. The predicted octanol–water partition coefficient (Wildman–Crippen LogP) is 1.40. The van der Waals surface area contributed by atoms with Crippen LogP contribution >= 0.6 is 11.3 Å². The van der Waals surface area contributed by atoms with E-state index >= 15 is 0 Å². The third-order valence-corrected chi connectivity index (χ3v) is 4.85. The van der Waals surface area contributed by atoms with E-state index in [1.165, 1.54) is 18.3 Å². The summed E-state index contributed by atoms with van der Waals surface area (Å²) in [5, 5.41) is 8.66. The van der Waals surface area contributed by atoms with Gasteiger partial charge in [0.05, 0.1) is 5.69 Å². The van der Waals surface area contributed by atoms with E-state index in [9.17, 15) is 8.42 Å². The molecular formula is C10H8N4O2S2. The number of nitrogen functional groups attached to an aromatic ring is 1. The third-order valence-electron chi connectivity index (χ3n) is 2.03. The van der Waals surface area contributed by atoms with Crippen molar-refractivity contribution in [1.82, 2.24) is 4.98 Å². The number of nitrogens with one attached hydrogen (secondary N) is 1. The molecule has 2 aromatic rings. The summed E-state index contributed by atoms with van der Waals surface area (Å²) in [5.41, 5.74) is 5.83. The van der Waals surface area contributed by atoms with Crippen LogP contribution in [0.25, 0.3) is 0 Å². The van der Waals surface area contributed by atoms with Crippen LogP contribution in [0.15, 0.2) is 34.7 Å². The number of pyridine rings is 1. The van der Waals surface area contributed by atoms with Crippen LogP contribution in [0.1, 0.15) is 4.88 Å². The lowest BCUT2D eigenvalue weighted by Crippen LogP contribution is -2.13. The summed E-state index contributed by atoms with van der Waals surface area (Å²) in [6.45, 7) is 0. The van der Waals surface area contributed by atoms with Gasteiger partial charge in [-0.2, -0.15) is 5.26 Å². The Labute approximate surface area is 108 Å². The molecule has 0 saturated heterocycles. The summed E-state index contributed by atoms with van der Waals surface area (Å²) >= 11 is 0.885. The summed E-state index contributed by atoms with van der Waals surface area (Å²) < 4.78 is 26.3. The van der Waals surface area contributed by atoms with Crippen molar-refractivity contribution in [1.29, 1.82) is 5.26 Å². The van der Waals surface area contributed by atoms with Crippen molar-refractivity contribution in [2.24, 2.45) is 0 Å². The van der Waals surface area contributed by atoms with E-state index < -0.39 is 10.0 Å². The van der Waals surface area contributed by atoms with Gasteiger partial charge >= 0.3 is 0 Å². The Balaban J connectivity index is 2.34. The van der Waals surface area contributed by atoms with Gasteiger partial charge in [-0.3, -0.25) is 4.72 Å².